The van der Waals surface area contributed by atoms with Crippen LogP contribution >= 0.6 is 0 Å². The highest BCUT2D eigenvalue weighted by molar-refractivity contribution is 6.02. The predicted molar refractivity (Wildman–Crippen MR) is 130 cm³/mol. The molecule has 1 aliphatic rings. The average molecular weight is 476 g/mol. The fraction of sp³-hybridized carbons (Fsp3) is 0.320. The lowest BCUT2D eigenvalue weighted by Gasteiger charge is -2.36. The molecule has 0 N–H and O–H groups in total. The molecule has 0 aromatic carbocycles. The minimum absolute atomic E-state index is 0.313. The Bertz CT molecular complexity index is 1360. The first kappa shape index (κ1) is 22.7. The van der Waals surface area contributed by atoms with E-state index in [1.165, 1.54) is 18.6 Å². The molecule has 1 aliphatic heterocycles. The standard InChI is InChI=1S/C25H26FN7O2/c1-25(2,3)35-24(34)32-11-9-31(10-12-32)22-21-19(17-5-4-7-27-14-17)15-33(23(21)30-16-29-22)18-6-8-28-20(26)13-18/h4-8,13-16H,9-12H2,1-3H3. The number of hydrogen-bond donors (Lipinski definition) is 0. The van der Waals surface area contributed by atoms with Gasteiger partial charge < -0.3 is 19.1 Å². The molecule has 0 radical (unpaired) electrons. The van der Waals surface area contributed by atoms with Crippen LogP contribution in [0.25, 0.3) is 27.8 Å². The zero-order valence-corrected chi connectivity index (χ0v) is 19.8. The van der Waals surface area contributed by atoms with Gasteiger partial charge >= 0.3 is 6.09 Å². The second-order valence-corrected chi connectivity index (χ2v) is 9.34. The van der Waals surface area contributed by atoms with Crippen molar-refractivity contribution in [3.05, 3.63) is 61.3 Å². The molecular weight excluding hydrogens is 449 g/mol. The molecule has 0 spiro atoms. The summed E-state index contributed by atoms with van der Waals surface area (Å²) in [6, 6.07) is 6.94. The number of nitrogens with zero attached hydrogens (tertiary/aromatic N) is 7. The van der Waals surface area contributed by atoms with Gasteiger partial charge in [0.2, 0.25) is 5.95 Å². The van der Waals surface area contributed by atoms with E-state index >= 15 is 0 Å². The van der Waals surface area contributed by atoms with E-state index in [2.05, 4.69) is 24.8 Å². The maximum Gasteiger partial charge on any atom is 0.410 e. The molecule has 180 valence electrons. The van der Waals surface area contributed by atoms with E-state index in [1.54, 1.807) is 23.4 Å². The third kappa shape index (κ3) is 4.64. The smallest absolute Gasteiger partial charge is 0.410 e. The van der Waals surface area contributed by atoms with Crippen LogP contribution < -0.4 is 4.90 Å². The number of amides is 1. The van der Waals surface area contributed by atoms with Crippen LogP contribution in [-0.4, -0.2) is 67.3 Å². The van der Waals surface area contributed by atoms with Crippen LogP contribution in [-0.2, 0) is 4.74 Å². The fourth-order valence-corrected chi connectivity index (χ4v) is 4.19. The Morgan fingerprint density at radius 2 is 1.86 bits per heavy atom. The highest BCUT2D eigenvalue weighted by Gasteiger charge is 2.28. The lowest BCUT2D eigenvalue weighted by Crippen LogP contribution is -2.50. The van der Waals surface area contributed by atoms with E-state index in [0.29, 0.717) is 37.5 Å². The summed E-state index contributed by atoms with van der Waals surface area (Å²) in [6.07, 6.45) is 8.05. The molecule has 10 heteroatoms. The van der Waals surface area contributed by atoms with Crippen LogP contribution in [0.3, 0.4) is 0 Å². The fourth-order valence-electron chi connectivity index (χ4n) is 4.19. The molecular formula is C25H26FN7O2. The van der Waals surface area contributed by atoms with E-state index in [0.717, 1.165) is 22.3 Å². The van der Waals surface area contributed by atoms with Gasteiger partial charge in [0.15, 0.2) is 5.65 Å². The summed E-state index contributed by atoms with van der Waals surface area (Å²) < 4.78 is 21.3. The normalized spacial score (nSPS) is 14.4. The maximum absolute atomic E-state index is 13.9. The van der Waals surface area contributed by atoms with Gasteiger partial charge in [0, 0.05) is 68.2 Å². The minimum Gasteiger partial charge on any atom is -0.444 e. The van der Waals surface area contributed by atoms with Gasteiger partial charge in [-0.1, -0.05) is 6.07 Å². The van der Waals surface area contributed by atoms with Gasteiger partial charge in [-0.2, -0.15) is 4.39 Å². The Balaban J connectivity index is 1.54. The summed E-state index contributed by atoms with van der Waals surface area (Å²) in [5.41, 5.74) is 2.50. The van der Waals surface area contributed by atoms with Crippen molar-refractivity contribution in [1.82, 2.24) is 29.4 Å². The highest BCUT2D eigenvalue weighted by Crippen LogP contribution is 2.36. The second kappa shape index (κ2) is 8.94. The highest BCUT2D eigenvalue weighted by atomic mass is 19.1. The van der Waals surface area contributed by atoms with Gasteiger partial charge in [-0.25, -0.2) is 19.7 Å². The molecule has 4 aromatic rings. The maximum atomic E-state index is 13.9. The van der Waals surface area contributed by atoms with Crippen LogP contribution in [0.5, 0.6) is 0 Å². The molecule has 5 heterocycles. The summed E-state index contributed by atoms with van der Waals surface area (Å²) >= 11 is 0. The van der Waals surface area contributed by atoms with E-state index in [9.17, 15) is 9.18 Å². The summed E-state index contributed by atoms with van der Waals surface area (Å²) in [5.74, 6) is 0.186. The molecule has 1 amide bonds. The lowest BCUT2D eigenvalue weighted by atomic mass is 10.1. The first-order valence-electron chi connectivity index (χ1n) is 11.4. The van der Waals surface area contributed by atoms with Crippen LogP contribution in [0.15, 0.2) is 55.4 Å². The largest absolute Gasteiger partial charge is 0.444 e. The number of fused-ring (bicyclic) bond motifs is 1. The number of hydrogen-bond acceptors (Lipinski definition) is 7. The molecule has 1 saturated heterocycles. The molecule has 0 bridgehead atoms. The molecule has 1 fully saturated rings. The Kier molecular flexibility index (Phi) is 5.80. The van der Waals surface area contributed by atoms with Gasteiger partial charge in [-0.15, -0.1) is 0 Å². The second-order valence-electron chi connectivity index (χ2n) is 9.34. The van der Waals surface area contributed by atoms with Crippen molar-refractivity contribution in [3.8, 4) is 16.8 Å². The molecule has 5 rings (SSSR count). The lowest BCUT2D eigenvalue weighted by molar-refractivity contribution is 0.0240. The molecule has 35 heavy (non-hydrogen) atoms. The van der Waals surface area contributed by atoms with Crippen molar-refractivity contribution in [2.75, 3.05) is 31.1 Å². The minimum atomic E-state index is -0.570. The van der Waals surface area contributed by atoms with Crippen LogP contribution in [0.4, 0.5) is 15.0 Å². The van der Waals surface area contributed by atoms with Gasteiger partial charge in [0.25, 0.3) is 0 Å². The van der Waals surface area contributed by atoms with Crippen molar-refractivity contribution in [2.45, 2.75) is 26.4 Å². The zero-order chi connectivity index (χ0) is 24.6. The summed E-state index contributed by atoms with van der Waals surface area (Å²) in [4.78, 5) is 33.5. The van der Waals surface area contributed by atoms with Crippen molar-refractivity contribution >= 4 is 22.9 Å². The molecule has 0 atom stereocenters. The molecule has 0 unspecified atom stereocenters. The SMILES string of the molecule is CC(C)(C)OC(=O)N1CCN(c2ncnc3c2c(-c2cccnc2)cn3-c2ccnc(F)c2)CC1. The van der Waals surface area contributed by atoms with E-state index in [-0.39, 0.29) is 6.09 Å². The van der Waals surface area contributed by atoms with Gasteiger partial charge in [0.05, 0.1) is 11.1 Å². The van der Waals surface area contributed by atoms with Crippen LogP contribution in [0.1, 0.15) is 20.8 Å². The van der Waals surface area contributed by atoms with Crippen LogP contribution in [0, 0.1) is 5.95 Å². The number of aromatic nitrogens is 5. The predicted octanol–water partition coefficient (Wildman–Crippen LogP) is 4.07. The average Bonchev–Trinajstić information content (AvgIpc) is 3.24. The Morgan fingerprint density at radius 3 is 2.54 bits per heavy atom. The number of anilines is 1. The Morgan fingerprint density at radius 1 is 1.06 bits per heavy atom. The number of ether oxygens (including phenoxy) is 1. The Hall–Kier alpha value is -4.08. The number of carbonyl (C=O) groups excluding carboxylic acids is 1. The van der Waals surface area contributed by atoms with E-state index < -0.39 is 11.5 Å². The monoisotopic (exact) mass is 475 g/mol. The van der Waals surface area contributed by atoms with Crippen molar-refractivity contribution in [2.24, 2.45) is 0 Å². The van der Waals surface area contributed by atoms with E-state index in [4.69, 9.17) is 4.74 Å². The van der Waals surface area contributed by atoms with Crippen molar-refractivity contribution < 1.29 is 13.9 Å². The number of carbonyl (C=O) groups is 1. The van der Waals surface area contributed by atoms with E-state index in [1.807, 2.05) is 43.7 Å². The van der Waals surface area contributed by atoms with Crippen molar-refractivity contribution in [3.63, 3.8) is 0 Å². The molecule has 9 nitrogen and oxygen atoms in total. The zero-order valence-electron chi connectivity index (χ0n) is 19.8. The number of rotatable bonds is 3. The molecule has 0 saturated carbocycles. The first-order valence-corrected chi connectivity index (χ1v) is 11.4. The molecule has 4 aromatic heterocycles. The molecule has 0 aliphatic carbocycles. The number of pyridine rings is 2. The Labute approximate surface area is 202 Å². The first-order chi connectivity index (χ1) is 16.8. The van der Waals surface area contributed by atoms with Gasteiger partial charge in [-0.05, 0) is 32.9 Å². The third-order valence-electron chi connectivity index (χ3n) is 5.75. The summed E-state index contributed by atoms with van der Waals surface area (Å²) in [5, 5.41) is 0.837. The number of halogens is 1. The van der Waals surface area contributed by atoms with Crippen molar-refractivity contribution in [1.29, 1.82) is 0 Å². The van der Waals surface area contributed by atoms with Gasteiger partial charge in [0.1, 0.15) is 17.7 Å². The topological polar surface area (TPSA) is 89.3 Å². The van der Waals surface area contributed by atoms with Gasteiger partial charge in [-0.3, -0.25) is 4.98 Å². The number of piperazine rings is 1. The summed E-state index contributed by atoms with van der Waals surface area (Å²) in [6.45, 7) is 7.78. The third-order valence-corrected chi connectivity index (χ3v) is 5.75. The van der Waals surface area contributed by atoms with Crippen LogP contribution in [0.2, 0.25) is 0 Å². The summed E-state index contributed by atoms with van der Waals surface area (Å²) in [7, 11) is 0. The quantitative estimate of drug-likeness (QED) is 0.413.